The molecule has 1 aliphatic carbocycles. The van der Waals surface area contributed by atoms with Crippen molar-refractivity contribution in [1.82, 2.24) is 0 Å². The molecule has 1 fully saturated rings. The van der Waals surface area contributed by atoms with E-state index in [2.05, 4.69) is 15.9 Å². The zero-order valence-corrected chi connectivity index (χ0v) is 13.7. The average Bonchev–Trinajstić information content (AvgIpc) is 2.46. The minimum atomic E-state index is -0.884. The molecule has 0 N–H and O–H groups in total. The van der Waals surface area contributed by atoms with Crippen molar-refractivity contribution in [2.24, 2.45) is 0 Å². The molecular weight excluding hydrogens is 347 g/mol. The Bertz CT molecular complexity index is 507. The third-order valence-electron chi connectivity index (χ3n) is 3.78. The van der Waals surface area contributed by atoms with Gasteiger partial charge in [0.1, 0.15) is 5.60 Å². The lowest BCUT2D eigenvalue weighted by molar-refractivity contribution is -0.0413. The number of rotatable bonds is 4. The van der Waals surface area contributed by atoms with Gasteiger partial charge >= 0.3 is 0 Å². The molecule has 0 bridgehead atoms. The number of benzene rings is 1. The fourth-order valence-electron chi connectivity index (χ4n) is 2.78. The van der Waals surface area contributed by atoms with Crippen molar-refractivity contribution in [2.75, 3.05) is 6.61 Å². The first kappa shape index (κ1) is 15.9. The van der Waals surface area contributed by atoms with Crippen LogP contribution in [0.3, 0.4) is 0 Å². The van der Waals surface area contributed by atoms with Crippen LogP contribution < -0.4 is 0 Å². The quantitative estimate of drug-likeness (QED) is 0.545. The SMILES string of the molecule is CCOC1(C(=O)c2ccc(Br)c(Cl)c2F)CCCCC1. The Morgan fingerprint density at radius 2 is 2.05 bits per heavy atom. The van der Waals surface area contributed by atoms with Crippen LogP contribution in [-0.2, 0) is 4.74 Å². The van der Waals surface area contributed by atoms with E-state index in [0.717, 1.165) is 19.3 Å². The van der Waals surface area contributed by atoms with Crippen molar-refractivity contribution in [3.05, 3.63) is 33.0 Å². The molecule has 0 radical (unpaired) electrons. The third-order valence-corrected chi connectivity index (χ3v) is 5.03. The second kappa shape index (κ2) is 6.54. The predicted molar refractivity (Wildman–Crippen MR) is 80.9 cm³/mol. The van der Waals surface area contributed by atoms with E-state index in [1.54, 1.807) is 6.07 Å². The highest BCUT2D eigenvalue weighted by Crippen LogP contribution is 2.37. The van der Waals surface area contributed by atoms with Gasteiger partial charge in [-0.3, -0.25) is 4.79 Å². The number of hydrogen-bond donors (Lipinski definition) is 0. The summed E-state index contributed by atoms with van der Waals surface area (Å²) in [6.45, 7) is 2.30. The van der Waals surface area contributed by atoms with E-state index in [-0.39, 0.29) is 16.4 Å². The van der Waals surface area contributed by atoms with Crippen LogP contribution in [0.5, 0.6) is 0 Å². The molecular formula is C15H17BrClFO2. The largest absolute Gasteiger partial charge is 0.367 e. The maximum Gasteiger partial charge on any atom is 0.197 e. The van der Waals surface area contributed by atoms with Gasteiger partial charge in [0.15, 0.2) is 11.6 Å². The number of ketones is 1. The van der Waals surface area contributed by atoms with Crippen molar-refractivity contribution < 1.29 is 13.9 Å². The van der Waals surface area contributed by atoms with Crippen molar-refractivity contribution in [2.45, 2.75) is 44.6 Å². The Morgan fingerprint density at radius 1 is 1.40 bits per heavy atom. The Hall–Kier alpha value is -0.450. The predicted octanol–water partition coefficient (Wildman–Crippen LogP) is 5.16. The van der Waals surface area contributed by atoms with Crippen molar-refractivity contribution in [3.63, 3.8) is 0 Å². The van der Waals surface area contributed by atoms with Gasteiger partial charge in [0.25, 0.3) is 0 Å². The summed E-state index contributed by atoms with van der Waals surface area (Å²) < 4.78 is 20.4. The first-order chi connectivity index (χ1) is 9.52. The lowest BCUT2D eigenvalue weighted by Gasteiger charge is -2.35. The minimum Gasteiger partial charge on any atom is -0.367 e. The zero-order chi connectivity index (χ0) is 14.8. The van der Waals surface area contributed by atoms with E-state index in [1.165, 1.54) is 6.07 Å². The summed E-state index contributed by atoms with van der Waals surface area (Å²) in [6, 6.07) is 3.07. The molecule has 0 atom stereocenters. The fourth-order valence-corrected chi connectivity index (χ4v) is 3.25. The van der Waals surface area contributed by atoms with E-state index >= 15 is 0 Å². The standard InChI is InChI=1S/C15H17BrClFO2/c1-2-20-15(8-4-3-5-9-15)14(19)10-6-7-11(16)12(17)13(10)18/h6-7H,2-5,8-9H2,1H3. The molecule has 0 saturated heterocycles. The molecule has 1 aliphatic rings. The molecule has 0 aromatic heterocycles. The number of carbonyl (C=O) groups is 1. The normalized spacial score (nSPS) is 18.0. The van der Waals surface area contributed by atoms with Crippen LogP contribution in [0.25, 0.3) is 0 Å². The number of carbonyl (C=O) groups excluding carboxylic acids is 1. The van der Waals surface area contributed by atoms with Crippen LogP contribution in [-0.4, -0.2) is 18.0 Å². The Kier molecular flexibility index (Phi) is 5.21. The summed E-state index contributed by atoms with van der Waals surface area (Å²) in [5.74, 6) is -0.957. The number of ether oxygens (including phenoxy) is 1. The van der Waals surface area contributed by atoms with E-state index in [0.29, 0.717) is 23.9 Å². The van der Waals surface area contributed by atoms with Crippen LogP contribution in [0.15, 0.2) is 16.6 Å². The van der Waals surface area contributed by atoms with Gasteiger partial charge in [0.2, 0.25) is 0 Å². The molecule has 1 aromatic carbocycles. The van der Waals surface area contributed by atoms with Crippen LogP contribution >= 0.6 is 27.5 Å². The van der Waals surface area contributed by atoms with Crippen LogP contribution in [0.2, 0.25) is 5.02 Å². The molecule has 2 rings (SSSR count). The van der Waals surface area contributed by atoms with Crippen LogP contribution in [0, 0.1) is 5.82 Å². The van der Waals surface area contributed by atoms with Crippen LogP contribution in [0.4, 0.5) is 4.39 Å². The van der Waals surface area contributed by atoms with Crippen molar-refractivity contribution in [3.8, 4) is 0 Å². The lowest BCUT2D eigenvalue weighted by atomic mass is 9.79. The maximum absolute atomic E-state index is 14.2. The third kappa shape index (κ3) is 2.92. The minimum absolute atomic E-state index is 0.0218. The van der Waals surface area contributed by atoms with Gasteiger partial charge in [-0.15, -0.1) is 0 Å². The number of halogens is 3. The number of Topliss-reactive ketones (excluding diaryl/α,β-unsaturated/α-hetero) is 1. The molecule has 0 spiro atoms. The van der Waals surface area contributed by atoms with Crippen molar-refractivity contribution in [1.29, 1.82) is 0 Å². The van der Waals surface area contributed by atoms with E-state index < -0.39 is 11.4 Å². The summed E-state index contributed by atoms with van der Waals surface area (Å²) in [5, 5.41) is -0.0571. The second-order valence-corrected chi connectivity index (χ2v) is 6.27. The van der Waals surface area contributed by atoms with E-state index in [9.17, 15) is 9.18 Å². The topological polar surface area (TPSA) is 26.3 Å². The van der Waals surface area contributed by atoms with Gasteiger partial charge in [0.05, 0.1) is 10.6 Å². The smallest absolute Gasteiger partial charge is 0.197 e. The molecule has 2 nitrogen and oxygen atoms in total. The van der Waals surface area contributed by atoms with Gasteiger partial charge in [-0.05, 0) is 47.8 Å². The molecule has 5 heteroatoms. The zero-order valence-electron chi connectivity index (χ0n) is 11.3. The Balaban J connectivity index is 2.40. The highest BCUT2D eigenvalue weighted by atomic mass is 79.9. The average molecular weight is 364 g/mol. The van der Waals surface area contributed by atoms with Gasteiger partial charge in [-0.1, -0.05) is 30.9 Å². The van der Waals surface area contributed by atoms with E-state index in [1.807, 2.05) is 6.92 Å². The molecule has 1 aromatic rings. The maximum atomic E-state index is 14.2. The highest BCUT2D eigenvalue weighted by Gasteiger charge is 2.41. The first-order valence-corrected chi connectivity index (χ1v) is 8.01. The fraction of sp³-hybridized carbons (Fsp3) is 0.533. The molecule has 0 amide bonds. The second-order valence-electron chi connectivity index (χ2n) is 5.04. The number of hydrogen-bond acceptors (Lipinski definition) is 2. The molecule has 110 valence electrons. The summed E-state index contributed by atoms with van der Waals surface area (Å²) >= 11 is 9.03. The summed E-state index contributed by atoms with van der Waals surface area (Å²) in [7, 11) is 0. The van der Waals surface area contributed by atoms with Gasteiger partial charge in [-0.25, -0.2) is 4.39 Å². The molecule has 0 unspecified atom stereocenters. The molecule has 20 heavy (non-hydrogen) atoms. The Labute approximate surface area is 131 Å². The van der Waals surface area contributed by atoms with E-state index in [4.69, 9.17) is 16.3 Å². The first-order valence-electron chi connectivity index (χ1n) is 6.84. The molecule has 1 saturated carbocycles. The monoisotopic (exact) mass is 362 g/mol. The van der Waals surface area contributed by atoms with Gasteiger partial charge in [-0.2, -0.15) is 0 Å². The summed E-state index contributed by atoms with van der Waals surface area (Å²) in [5.41, 5.74) is -0.862. The van der Waals surface area contributed by atoms with Gasteiger partial charge in [0, 0.05) is 11.1 Å². The molecule has 0 heterocycles. The van der Waals surface area contributed by atoms with Gasteiger partial charge < -0.3 is 4.74 Å². The van der Waals surface area contributed by atoms with Crippen molar-refractivity contribution >= 4 is 33.3 Å². The Morgan fingerprint density at radius 3 is 2.65 bits per heavy atom. The lowest BCUT2D eigenvalue weighted by Crippen LogP contribution is -2.44. The van der Waals surface area contributed by atoms with Crippen LogP contribution in [0.1, 0.15) is 49.4 Å². The summed E-state index contributed by atoms with van der Waals surface area (Å²) in [4.78, 5) is 12.8. The molecule has 0 aliphatic heterocycles. The summed E-state index contributed by atoms with van der Waals surface area (Å²) in [6.07, 6.45) is 4.24. The highest BCUT2D eigenvalue weighted by molar-refractivity contribution is 9.10.